The van der Waals surface area contributed by atoms with Crippen LogP contribution in [0.1, 0.15) is 15.9 Å². The van der Waals surface area contributed by atoms with Gasteiger partial charge in [-0.05, 0) is 18.2 Å². The van der Waals surface area contributed by atoms with Gasteiger partial charge in [0.05, 0.1) is 22.0 Å². The van der Waals surface area contributed by atoms with Gasteiger partial charge in [0.2, 0.25) is 5.13 Å². The van der Waals surface area contributed by atoms with Gasteiger partial charge in [-0.25, -0.2) is 4.98 Å². The molecule has 38 heavy (non-hydrogen) atoms. The number of hydrazine groups is 1. The summed E-state index contributed by atoms with van der Waals surface area (Å²) in [5, 5.41) is 18.9. The second-order valence-corrected chi connectivity index (χ2v) is 9.28. The van der Waals surface area contributed by atoms with Gasteiger partial charge >= 0.3 is 5.91 Å². The molecule has 0 unspecified atom stereocenters. The van der Waals surface area contributed by atoms with E-state index in [4.69, 9.17) is 11.6 Å². The molecular weight excluding hydrogens is 528 g/mol. The summed E-state index contributed by atoms with van der Waals surface area (Å²) in [4.78, 5) is 41.3. The van der Waals surface area contributed by atoms with Crippen molar-refractivity contribution in [3.8, 4) is 11.3 Å². The highest BCUT2D eigenvalue weighted by Crippen LogP contribution is 2.31. The van der Waals surface area contributed by atoms with Gasteiger partial charge in [-0.2, -0.15) is 10.1 Å². The largest absolute Gasteiger partial charge is 0.301 e. The van der Waals surface area contributed by atoms with Crippen LogP contribution in [0.2, 0.25) is 5.02 Å². The van der Waals surface area contributed by atoms with E-state index in [2.05, 4.69) is 27.5 Å². The number of nitro groups is 1. The van der Waals surface area contributed by atoms with Crippen LogP contribution >= 0.6 is 22.9 Å². The smallest absolute Gasteiger partial charge is 0.289 e. The maximum atomic E-state index is 13.1. The lowest BCUT2D eigenvalue weighted by atomic mass is 10.0. The SMILES string of the molecule is C=C1NN(c2nc(-c3cccc([N+](=O)[O-])c3)cs2)C(=O)/C1=N/Nc1ccc(Cl)cc1C(=O)c1ccccc1. The van der Waals surface area contributed by atoms with Crippen molar-refractivity contribution in [2.45, 2.75) is 0 Å². The highest BCUT2D eigenvalue weighted by atomic mass is 35.5. The number of nitrogens with zero attached hydrogens (tertiary/aromatic N) is 4. The molecule has 0 spiro atoms. The number of thiazole rings is 1. The summed E-state index contributed by atoms with van der Waals surface area (Å²) in [5.74, 6) is -0.782. The molecule has 2 N–H and O–H groups in total. The van der Waals surface area contributed by atoms with Crippen LogP contribution in [-0.2, 0) is 4.79 Å². The summed E-state index contributed by atoms with van der Waals surface area (Å²) in [7, 11) is 0. The number of anilines is 2. The van der Waals surface area contributed by atoms with Gasteiger partial charge in [0, 0.05) is 39.2 Å². The third-order valence-corrected chi connectivity index (χ3v) is 6.59. The molecule has 0 radical (unpaired) electrons. The molecule has 1 amide bonds. The van der Waals surface area contributed by atoms with Crippen LogP contribution in [0.4, 0.5) is 16.5 Å². The van der Waals surface area contributed by atoms with Crippen LogP contribution in [0.5, 0.6) is 0 Å². The molecule has 3 aromatic carbocycles. The Morgan fingerprint density at radius 1 is 1.13 bits per heavy atom. The van der Waals surface area contributed by atoms with Crippen molar-refractivity contribution >= 4 is 56.8 Å². The number of carbonyl (C=O) groups is 2. The maximum Gasteiger partial charge on any atom is 0.301 e. The summed E-state index contributed by atoms with van der Waals surface area (Å²) in [5.41, 5.74) is 7.93. The Hall–Kier alpha value is -4.87. The number of nitro benzene ring substituents is 1. The zero-order valence-corrected chi connectivity index (χ0v) is 21.0. The molecule has 0 bridgehead atoms. The molecule has 0 atom stereocenters. The van der Waals surface area contributed by atoms with E-state index in [0.29, 0.717) is 32.7 Å². The van der Waals surface area contributed by atoms with E-state index in [1.165, 1.54) is 34.5 Å². The number of nitrogens with one attached hydrogen (secondary N) is 2. The van der Waals surface area contributed by atoms with Gasteiger partial charge in [-0.3, -0.25) is 30.6 Å². The quantitative estimate of drug-likeness (QED) is 0.180. The third-order valence-electron chi connectivity index (χ3n) is 5.52. The number of ketones is 1. The molecule has 0 saturated carbocycles. The Morgan fingerprint density at radius 2 is 1.92 bits per heavy atom. The molecule has 1 saturated heterocycles. The van der Waals surface area contributed by atoms with E-state index in [1.807, 2.05) is 6.07 Å². The standard InChI is InChI=1S/C26H17ClN6O4S/c1-15-23(30-29-21-11-10-18(27)13-20(21)24(34)16-6-3-2-4-7-16)25(35)32(31-15)26-28-22(14-38-26)17-8-5-9-19(12-17)33(36)37/h2-14,29,31H,1H2/b30-23+. The first kappa shape index (κ1) is 24.8. The average Bonchev–Trinajstić information content (AvgIpc) is 3.52. The lowest BCUT2D eigenvalue weighted by Crippen LogP contribution is -2.34. The lowest BCUT2D eigenvalue weighted by molar-refractivity contribution is -0.384. The molecule has 2 heterocycles. The van der Waals surface area contributed by atoms with Crippen molar-refractivity contribution in [1.82, 2.24) is 10.4 Å². The fourth-order valence-corrected chi connectivity index (χ4v) is 4.63. The van der Waals surface area contributed by atoms with E-state index in [1.54, 1.807) is 53.9 Å². The molecule has 1 aliphatic rings. The molecule has 1 aromatic heterocycles. The number of aromatic nitrogens is 1. The average molecular weight is 545 g/mol. The summed E-state index contributed by atoms with van der Waals surface area (Å²) in [6, 6.07) is 19.5. The Balaban J connectivity index is 1.38. The van der Waals surface area contributed by atoms with Crippen molar-refractivity contribution in [3.63, 3.8) is 0 Å². The number of amides is 1. The van der Waals surface area contributed by atoms with Crippen LogP contribution in [0.25, 0.3) is 11.3 Å². The van der Waals surface area contributed by atoms with Gasteiger partial charge in [0.25, 0.3) is 5.69 Å². The van der Waals surface area contributed by atoms with Gasteiger partial charge in [0.15, 0.2) is 11.5 Å². The first-order valence-corrected chi connectivity index (χ1v) is 12.3. The number of hydrogen-bond donors (Lipinski definition) is 2. The van der Waals surface area contributed by atoms with E-state index in [0.717, 1.165) is 0 Å². The minimum absolute atomic E-state index is 0.00911. The minimum atomic E-state index is -0.521. The normalized spacial score (nSPS) is 14.0. The van der Waals surface area contributed by atoms with Crippen LogP contribution in [0.3, 0.4) is 0 Å². The van der Waals surface area contributed by atoms with Crippen LogP contribution < -0.4 is 15.9 Å². The first-order valence-electron chi connectivity index (χ1n) is 11.1. The molecule has 5 rings (SSSR count). The highest BCUT2D eigenvalue weighted by molar-refractivity contribution is 7.14. The molecule has 1 fully saturated rings. The van der Waals surface area contributed by atoms with Crippen molar-refractivity contribution in [2.75, 3.05) is 10.4 Å². The Kier molecular flexibility index (Phi) is 6.69. The number of non-ortho nitro benzene ring substituents is 1. The summed E-state index contributed by atoms with van der Waals surface area (Å²) >= 11 is 7.31. The zero-order valence-electron chi connectivity index (χ0n) is 19.4. The lowest BCUT2D eigenvalue weighted by Gasteiger charge is -2.10. The predicted octanol–water partition coefficient (Wildman–Crippen LogP) is 5.44. The van der Waals surface area contributed by atoms with Crippen LogP contribution in [0, 0.1) is 10.1 Å². The summed E-state index contributed by atoms with van der Waals surface area (Å²) in [6.07, 6.45) is 0. The maximum absolute atomic E-state index is 13.1. The molecule has 1 aliphatic heterocycles. The fourth-order valence-electron chi connectivity index (χ4n) is 3.67. The van der Waals surface area contributed by atoms with Gasteiger partial charge < -0.3 is 0 Å². The fraction of sp³-hybridized carbons (Fsp3) is 0. The van der Waals surface area contributed by atoms with E-state index >= 15 is 0 Å². The number of halogens is 1. The van der Waals surface area contributed by atoms with Gasteiger partial charge in [-0.15, -0.1) is 11.3 Å². The number of hydrazone groups is 1. The first-order chi connectivity index (χ1) is 18.3. The summed E-state index contributed by atoms with van der Waals surface area (Å²) in [6.45, 7) is 3.86. The van der Waals surface area contributed by atoms with Crippen LogP contribution in [0.15, 0.2) is 95.6 Å². The topological polar surface area (TPSA) is 130 Å². The molecule has 0 aliphatic carbocycles. The number of hydrogen-bond acceptors (Lipinski definition) is 9. The van der Waals surface area contributed by atoms with Crippen molar-refractivity contribution in [1.29, 1.82) is 0 Å². The number of rotatable bonds is 7. The molecular formula is C26H17ClN6O4S. The van der Waals surface area contributed by atoms with Gasteiger partial charge in [0.1, 0.15) is 0 Å². The monoisotopic (exact) mass is 544 g/mol. The molecule has 12 heteroatoms. The van der Waals surface area contributed by atoms with Crippen molar-refractivity contribution in [2.24, 2.45) is 5.10 Å². The number of carbonyl (C=O) groups excluding carboxylic acids is 2. The highest BCUT2D eigenvalue weighted by Gasteiger charge is 2.34. The van der Waals surface area contributed by atoms with Crippen molar-refractivity contribution < 1.29 is 14.5 Å². The van der Waals surface area contributed by atoms with Crippen molar-refractivity contribution in [3.05, 3.63) is 117 Å². The zero-order chi connectivity index (χ0) is 26.8. The Labute approximate surface area is 225 Å². The van der Waals surface area contributed by atoms with E-state index in [-0.39, 0.29) is 28.4 Å². The minimum Gasteiger partial charge on any atom is -0.289 e. The molecule has 4 aromatic rings. The summed E-state index contributed by atoms with van der Waals surface area (Å²) < 4.78 is 0. The Morgan fingerprint density at radius 3 is 2.68 bits per heavy atom. The second kappa shape index (κ2) is 10.2. The second-order valence-electron chi connectivity index (χ2n) is 8.01. The van der Waals surface area contributed by atoms with Crippen LogP contribution in [-0.4, -0.2) is 27.3 Å². The number of benzene rings is 3. The van der Waals surface area contributed by atoms with E-state index in [9.17, 15) is 19.7 Å². The molecule has 188 valence electrons. The van der Waals surface area contributed by atoms with E-state index < -0.39 is 10.8 Å². The molecule has 10 nitrogen and oxygen atoms in total. The Bertz CT molecular complexity index is 1640. The predicted molar refractivity (Wildman–Crippen MR) is 146 cm³/mol. The van der Waals surface area contributed by atoms with Gasteiger partial charge in [-0.1, -0.05) is 60.6 Å². The third kappa shape index (κ3) is 4.88.